The average molecular weight is 353 g/mol. The number of ether oxygens (including phenoxy) is 1. The van der Waals surface area contributed by atoms with Crippen molar-refractivity contribution in [1.29, 1.82) is 0 Å². The highest BCUT2D eigenvalue weighted by Crippen LogP contribution is 2.30. The van der Waals surface area contributed by atoms with Crippen LogP contribution in [0.25, 0.3) is 21.7 Å². The molecule has 0 spiro atoms. The Hall–Kier alpha value is -2.82. The predicted octanol–water partition coefficient (Wildman–Crippen LogP) is 3.83. The van der Waals surface area contributed by atoms with Crippen LogP contribution in [-0.4, -0.2) is 25.0 Å². The van der Waals surface area contributed by atoms with Crippen LogP contribution in [-0.2, 0) is 20.7 Å². The summed E-state index contributed by atoms with van der Waals surface area (Å²) in [7, 11) is 1.33. The van der Waals surface area contributed by atoms with E-state index in [1.54, 1.807) is 6.26 Å². The first-order valence-electron chi connectivity index (χ1n) is 8.74. The normalized spacial score (nSPS) is 12.5. The van der Waals surface area contributed by atoms with Crippen molar-refractivity contribution >= 4 is 33.6 Å². The van der Waals surface area contributed by atoms with Crippen LogP contribution in [0, 0.1) is 5.92 Å². The molecule has 0 aliphatic carbocycles. The first kappa shape index (κ1) is 18.0. The topological polar surface area (TPSA) is 68.5 Å². The van der Waals surface area contributed by atoms with Gasteiger partial charge in [-0.15, -0.1) is 0 Å². The number of esters is 1. The lowest BCUT2D eigenvalue weighted by Crippen LogP contribution is -2.43. The molecule has 136 valence electrons. The number of amides is 1. The molecule has 0 saturated heterocycles. The molecule has 1 heterocycles. The largest absolute Gasteiger partial charge is 0.467 e. The van der Waals surface area contributed by atoms with Gasteiger partial charge in [0.1, 0.15) is 11.6 Å². The maximum Gasteiger partial charge on any atom is 0.328 e. The molecule has 2 aromatic carbocycles. The molecule has 0 radical (unpaired) electrons. The number of furan rings is 1. The Bertz CT molecular complexity index is 941. The molecule has 5 heteroatoms. The molecule has 3 rings (SSSR count). The summed E-state index contributed by atoms with van der Waals surface area (Å²) in [6.07, 6.45) is 2.30. The Morgan fingerprint density at radius 3 is 2.65 bits per heavy atom. The lowest BCUT2D eigenvalue weighted by atomic mass is 10.0. The number of rotatable bonds is 6. The molecule has 1 N–H and O–H groups in total. The fourth-order valence-corrected chi connectivity index (χ4v) is 3.25. The Balaban J connectivity index is 1.85. The number of benzene rings is 2. The van der Waals surface area contributed by atoms with Crippen molar-refractivity contribution in [1.82, 2.24) is 5.32 Å². The van der Waals surface area contributed by atoms with Gasteiger partial charge < -0.3 is 14.5 Å². The second kappa shape index (κ2) is 7.60. The van der Waals surface area contributed by atoms with E-state index in [0.717, 1.165) is 27.3 Å². The molecule has 0 fully saturated rings. The number of nitrogens with one attached hydrogen (secondary N) is 1. The number of fused-ring (bicyclic) bond motifs is 3. The van der Waals surface area contributed by atoms with E-state index in [4.69, 9.17) is 9.15 Å². The van der Waals surface area contributed by atoms with Gasteiger partial charge in [0.2, 0.25) is 5.91 Å². The highest BCUT2D eigenvalue weighted by molar-refractivity contribution is 6.08. The van der Waals surface area contributed by atoms with Gasteiger partial charge in [0.05, 0.1) is 19.8 Å². The standard InChI is InChI=1S/C21H23NO4/c1-13(2)10-17(21(24)25-3)22-19(23)11-15-12-26-18-9-8-14-6-4-5-7-16(14)20(15)18/h4-9,12-13,17H,10-11H2,1-3H3,(H,22,23). The quantitative estimate of drug-likeness (QED) is 0.684. The number of carbonyl (C=O) groups is 2. The minimum atomic E-state index is -0.637. The maximum absolute atomic E-state index is 12.5. The molecule has 0 aliphatic heterocycles. The number of hydrogen-bond acceptors (Lipinski definition) is 4. The maximum atomic E-state index is 12.5. The van der Waals surface area contributed by atoms with Gasteiger partial charge in [-0.2, -0.15) is 0 Å². The predicted molar refractivity (Wildman–Crippen MR) is 101 cm³/mol. The molecule has 5 nitrogen and oxygen atoms in total. The Kier molecular flexibility index (Phi) is 5.26. The molecule has 0 aliphatic rings. The average Bonchev–Trinajstić information content (AvgIpc) is 3.03. The van der Waals surface area contributed by atoms with E-state index in [0.29, 0.717) is 6.42 Å². The van der Waals surface area contributed by atoms with Crippen LogP contribution in [0.2, 0.25) is 0 Å². The van der Waals surface area contributed by atoms with E-state index in [1.165, 1.54) is 7.11 Å². The van der Waals surface area contributed by atoms with Crippen molar-refractivity contribution in [2.24, 2.45) is 5.92 Å². The lowest BCUT2D eigenvalue weighted by Gasteiger charge is -2.18. The number of hydrogen-bond donors (Lipinski definition) is 1. The van der Waals surface area contributed by atoms with Crippen molar-refractivity contribution in [2.75, 3.05) is 7.11 Å². The first-order valence-corrected chi connectivity index (χ1v) is 8.74. The summed E-state index contributed by atoms with van der Waals surface area (Å²) in [5.74, 6) is -0.385. The van der Waals surface area contributed by atoms with Crippen molar-refractivity contribution < 1.29 is 18.7 Å². The summed E-state index contributed by atoms with van der Waals surface area (Å²) in [6, 6.07) is 11.3. The van der Waals surface area contributed by atoms with Crippen molar-refractivity contribution in [3.63, 3.8) is 0 Å². The third-order valence-electron chi connectivity index (χ3n) is 4.42. The molecular weight excluding hydrogens is 330 g/mol. The summed E-state index contributed by atoms with van der Waals surface area (Å²) in [5.41, 5.74) is 1.56. The number of methoxy groups -OCH3 is 1. The van der Waals surface area contributed by atoms with Gasteiger partial charge in [-0.05, 0) is 29.2 Å². The van der Waals surface area contributed by atoms with Gasteiger partial charge in [0, 0.05) is 10.9 Å². The third kappa shape index (κ3) is 3.72. The van der Waals surface area contributed by atoms with Gasteiger partial charge in [-0.3, -0.25) is 4.79 Å². The summed E-state index contributed by atoms with van der Waals surface area (Å²) in [6.45, 7) is 4.00. The van der Waals surface area contributed by atoms with Gasteiger partial charge in [0.15, 0.2) is 0 Å². The minimum absolute atomic E-state index is 0.145. The molecule has 1 atom stereocenters. The van der Waals surface area contributed by atoms with Crippen molar-refractivity contribution in [3.05, 3.63) is 48.2 Å². The molecule has 1 aromatic heterocycles. The van der Waals surface area contributed by atoms with Gasteiger partial charge in [-0.25, -0.2) is 4.79 Å². The highest BCUT2D eigenvalue weighted by atomic mass is 16.5. The Morgan fingerprint density at radius 2 is 1.92 bits per heavy atom. The van der Waals surface area contributed by atoms with Crippen LogP contribution in [0.3, 0.4) is 0 Å². The summed E-state index contributed by atoms with van der Waals surface area (Å²) >= 11 is 0. The van der Waals surface area contributed by atoms with Crippen LogP contribution < -0.4 is 5.32 Å². The van der Waals surface area contributed by atoms with Crippen LogP contribution in [0.4, 0.5) is 0 Å². The molecular formula is C21H23NO4. The zero-order valence-corrected chi connectivity index (χ0v) is 15.2. The van der Waals surface area contributed by atoms with Crippen LogP contribution in [0.5, 0.6) is 0 Å². The Labute approximate surface area is 152 Å². The lowest BCUT2D eigenvalue weighted by molar-refractivity contribution is -0.145. The van der Waals surface area contributed by atoms with Crippen LogP contribution in [0.15, 0.2) is 47.1 Å². The summed E-state index contributed by atoms with van der Waals surface area (Å²) in [5, 5.41) is 5.88. The second-order valence-electron chi connectivity index (χ2n) is 6.87. The number of carbonyl (C=O) groups excluding carboxylic acids is 2. The van der Waals surface area contributed by atoms with E-state index >= 15 is 0 Å². The fourth-order valence-electron chi connectivity index (χ4n) is 3.25. The van der Waals surface area contributed by atoms with Gasteiger partial charge in [-0.1, -0.05) is 44.2 Å². The SMILES string of the molecule is COC(=O)C(CC(C)C)NC(=O)Cc1coc2ccc3ccccc3c12. The zero-order valence-electron chi connectivity index (χ0n) is 15.2. The van der Waals surface area contributed by atoms with E-state index in [1.807, 2.05) is 50.2 Å². The van der Waals surface area contributed by atoms with Crippen molar-refractivity contribution in [2.45, 2.75) is 32.7 Å². The van der Waals surface area contributed by atoms with Crippen molar-refractivity contribution in [3.8, 4) is 0 Å². The fraction of sp³-hybridized carbons (Fsp3) is 0.333. The van der Waals surface area contributed by atoms with E-state index < -0.39 is 12.0 Å². The minimum Gasteiger partial charge on any atom is -0.467 e. The summed E-state index contributed by atoms with van der Waals surface area (Å²) in [4.78, 5) is 24.5. The van der Waals surface area contributed by atoms with Gasteiger partial charge >= 0.3 is 5.97 Å². The summed E-state index contributed by atoms with van der Waals surface area (Å²) < 4.78 is 10.4. The smallest absolute Gasteiger partial charge is 0.328 e. The molecule has 1 unspecified atom stereocenters. The molecule has 0 saturated carbocycles. The molecule has 26 heavy (non-hydrogen) atoms. The zero-order chi connectivity index (χ0) is 18.7. The van der Waals surface area contributed by atoms with Gasteiger partial charge in [0.25, 0.3) is 0 Å². The molecule has 3 aromatic rings. The molecule has 1 amide bonds. The van der Waals surface area contributed by atoms with Crippen LogP contribution >= 0.6 is 0 Å². The Morgan fingerprint density at radius 1 is 1.15 bits per heavy atom. The van der Waals surface area contributed by atoms with E-state index in [9.17, 15) is 9.59 Å². The van der Waals surface area contributed by atoms with E-state index in [-0.39, 0.29) is 18.2 Å². The molecule has 0 bridgehead atoms. The highest BCUT2D eigenvalue weighted by Gasteiger charge is 2.23. The van der Waals surface area contributed by atoms with E-state index in [2.05, 4.69) is 5.32 Å². The monoisotopic (exact) mass is 353 g/mol. The first-order chi connectivity index (χ1) is 12.5. The third-order valence-corrected chi connectivity index (χ3v) is 4.42. The van der Waals surface area contributed by atoms with Crippen LogP contribution in [0.1, 0.15) is 25.8 Å². The second-order valence-corrected chi connectivity index (χ2v) is 6.87.